The fourth-order valence-corrected chi connectivity index (χ4v) is 4.07. The van der Waals surface area contributed by atoms with Crippen LogP contribution in [-0.2, 0) is 9.59 Å². The molecule has 0 bridgehead atoms. The quantitative estimate of drug-likeness (QED) is 0.519. The van der Waals surface area contributed by atoms with Crippen LogP contribution in [0.3, 0.4) is 0 Å². The van der Waals surface area contributed by atoms with Gasteiger partial charge in [0, 0.05) is 18.7 Å². The molecule has 29 heavy (non-hydrogen) atoms. The summed E-state index contributed by atoms with van der Waals surface area (Å²) in [4.78, 5) is 26.7. The predicted molar refractivity (Wildman–Crippen MR) is 117 cm³/mol. The zero-order valence-electron chi connectivity index (χ0n) is 15.7. The maximum absolute atomic E-state index is 13.2. The molecule has 1 heterocycles. The van der Waals surface area contributed by atoms with E-state index in [0.717, 1.165) is 5.56 Å². The monoisotopic (exact) mass is 430 g/mol. The van der Waals surface area contributed by atoms with Gasteiger partial charge in [0.1, 0.15) is 15.9 Å². The lowest BCUT2D eigenvalue weighted by molar-refractivity contribution is -0.122. The normalized spacial score (nSPS) is 15.1. The van der Waals surface area contributed by atoms with Gasteiger partial charge in [-0.15, -0.1) is 0 Å². The average molecular weight is 431 g/mol. The van der Waals surface area contributed by atoms with Crippen molar-refractivity contribution in [2.24, 2.45) is 0 Å². The number of hydrogen-bond acceptors (Lipinski definition) is 5. The standard InChI is InChI=1S/C21H19FN2O3S2/c1-27-17-8-2-5-14(11-17)12-18-20(26)24(21(28)29-18)10-4-9-19(25)23-16-7-3-6-15(22)13-16/h2-3,5-8,11-13H,4,9-10H2,1H3,(H,23,25)/b18-12-. The van der Waals surface area contributed by atoms with E-state index >= 15 is 0 Å². The fraction of sp³-hybridized carbons (Fsp3) is 0.190. The van der Waals surface area contributed by atoms with Crippen LogP contribution in [0.1, 0.15) is 18.4 Å². The maximum atomic E-state index is 13.2. The fourth-order valence-electron chi connectivity index (χ4n) is 2.76. The number of hydrogen-bond donors (Lipinski definition) is 1. The number of thiocarbonyl (C=S) groups is 1. The van der Waals surface area contributed by atoms with E-state index < -0.39 is 5.82 Å². The molecule has 0 radical (unpaired) electrons. The van der Waals surface area contributed by atoms with E-state index in [0.29, 0.717) is 33.6 Å². The highest BCUT2D eigenvalue weighted by Crippen LogP contribution is 2.33. The summed E-state index contributed by atoms with van der Waals surface area (Å²) in [5, 5.41) is 2.64. The van der Waals surface area contributed by atoms with Crippen molar-refractivity contribution < 1.29 is 18.7 Å². The summed E-state index contributed by atoms with van der Waals surface area (Å²) in [6.07, 6.45) is 2.42. The molecule has 0 saturated carbocycles. The Labute approximate surface area is 177 Å². The first-order valence-corrected chi connectivity index (χ1v) is 10.1. The number of methoxy groups -OCH3 is 1. The van der Waals surface area contributed by atoms with Gasteiger partial charge in [0.25, 0.3) is 5.91 Å². The van der Waals surface area contributed by atoms with E-state index in [2.05, 4.69) is 5.32 Å². The zero-order chi connectivity index (χ0) is 20.8. The molecule has 8 heteroatoms. The third-order valence-electron chi connectivity index (χ3n) is 4.16. The van der Waals surface area contributed by atoms with Crippen LogP contribution in [0.25, 0.3) is 6.08 Å². The first-order valence-electron chi connectivity index (χ1n) is 8.91. The number of carbonyl (C=O) groups is 2. The molecule has 1 aliphatic heterocycles. The van der Waals surface area contributed by atoms with Gasteiger partial charge in [-0.05, 0) is 48.4 Å². The number of halogens is 1. The highest BCUT2D eigenvalue weighted by molar-refractivity contribution is 8.26. The second-order valence-electron chi connectivity index (χ2n) is 6.27. The molecule has 1 fully saturated rings. The Morgan fingerprint density at radius 2 is 2.07 bits per heavy atom. The van der Waals surface area contributed by atoms with Gasteiger partial charge in [-0.25, -0.2) is 4.39 Å². The van der Waals surface area contributed by atoms with Crippen molar-refractivity contribution in [3.05, 3.63) is 64.8 Å². The summed E-state index contributed by atoms with van der Waals surface area (Å²) in [6, 6.07) is 13.1. The first-order chi connectivity index (χ1) is 14.0. The van der Waals surface area contributed by atoms with Crippen LogP contribution in [0.5, 0.6) is 5.75 Å². The predicted octanol–water partition coefficient (Wildman–Crippen LogP) is 4.45. The molecule has 150 valence electrons. The van der Waals surface area contributed by atoms with Crippen LogP contribution >= 0.6 is 24.0 Å². The SMILES string of the molecule is COc1cccc(/C=C2\SC(=S)N(CCCC(=O)Nc3cccc(F)c3)C2=O)c1. The summed E-state index contributed by atoms with van der Waals surface area (Å²) >= 11 is 6.56. The minimum atomic E-state index is -0.414. The topological polar surface area (TPSA) is 58.6 Å². The van der Waals surface area contributed by atoms with Crippen molar-refractivity contribution in [2.45, 2.75) is 12.8 Å². The van der Waals surface area contributed by atoms with Crippen LogP contribution in [0, 0.1) is 5.82 Å². The molecule has 0 aromatic heterocycles. The number of thioether (sulfide) groups is 1. The second kappa shape index (κ2) is 9.67. The van der Waals surface area contributed by atoms with Gasteiger partial charge >= 0.3 is 0 Å². The molecule has 2 aromatic rings. The Hall–Kier alpha value is -2.71. The number of carbonyl (C=O) groups excluding carboxylic acids is 2. The van der Waals surface area contributed by atoms with Gasteiger partial charge in [-0.3, -0.25) is 14.5 Å². The lowest BCUT2D eigenvalue weighted by atomic mass is 10.2. The third kappa shape index (κ3) is 5.65. The van der Waals surface area contributed by atoms with Crippen LogP contribution in [-0.4, -0.2) is 34.7 Å². The number of anilines is 1. The molecule has 0 atom stereocenters. The lowest BCUT2D eigenvalue weighted by Gasteiger charge is -2.14. The molecule has 0 spiro atoms. The lowest BCUT2D eigenvalue weighted by Crippen LogP contribution is -2.29. The minimum Gasteiger partial charge on any atom is -0.497 e. The number of ether oxygens (including phenoxy) is 1. The molecule has 5 nitrogen and oxygen atoms in total. The molecule has 3 rings (SSSR count). The Morgan fingerprint density at radius 3 is 2.83 bits per heavy atom. The van der Waals surface area contributed by atoms with E-state index in [1.807, 2.05) is 24.3 Å². The van der Waals surface area contributed by atoms with Gasteiger partial charge in [0.15, 0.2) is 0 Å². The first kappa shape index (κ1) is 21.0. The van der Waals surface area contributed by atoms with E-state index in [9.17, 15) is 14.0 Å². The van der Waals surface area contributed by atoms with Crippen LogP contribution < -0.4 is 10.1 Å². The molecule has 2 aromatic carbocycles. The van der Waals surface area contributed by atoms with Gasteiger partial charge in [-0.2, -0.15) is 0 Å². The summed E-state index contributed by atoms with van der Waals surface area (Å²) in [6.45, 7) is 0.344. The molecular formula is C21H19FN2O3S2. The summed E-state index contributed by atoms with van der Waals surface area (Å²) < 4.78 is 18.8. The van der Waals surface area contributed by atoms with Crippen LogP contribution in [0.4, 0.5) is 10.1 Å². The van der Waals surface area contributed by atoms with E-state index in [-0.39, 0.29) is 18.2 Å². The maximum Gasteiger partial charge on any atom is 0.266 e. The molecular weight excluding hydrogens is 411 g/mol. The number of rotatable bonds is 7. The summed E-state index contributed by atoms with van der Waals surface area (Å²) in [5.41, 5.74) is 1.25. The zero-order valence-corrected chi connectivity index (χ0v) is 17.3. The van der Waals surface area contributed by atoms with Gasteiger partial charge < -0.3 is 10.1 Å². The molecule has 2 amide bonds. The molecule has 1 saturated heterocycles. The average Bonchev–Trinajstić information content (AvgIpc) is 2.95. The number of amides is 2. The Balaban J connectivity index is 1.54. The summed E-state index contributed by atoms with van der Waals surface area (Å²) in [5.74, 6) is -0.122. The molecule has 0 aliphatic carbocycles. The van der Waals surface area contributed by atoms with Crippen molar-refractivity contribution in [3.8, 4) is 5.75 Å². The van der Waals surface area contributed by atoms with E-state index in [1.165, 1.54) is 34.9 Å². The van der Waals surface area contributed by atoms with Gasteiger partial charge in [-0.1, -0.05) is 42.2 Å². The second-order valence-corrected chi connectivity index (χ2v) is 7.95. The van der Waals surface area contributed by atoms with E-state index in [1.54, 1.807) is 19.3 Å². The highest BCUT2D eigenvalue weighted by Gasteiger charge is 2.31. The molecule has 0 unspecified atom stereocenters. The minimum absolute atomic E-state index is 0.173. The third-order valence-corrected chi connectivity index (χ3v) is 5.54. The Morgan fingerprint density at radius 1 is 1.28 bits per heavy atom. The van der Waals surface area contributed by atoms with Crippen molar-refractivity contribution in [3.63, 3.8) is 0 Å². The van der Waals surface area contributed by atoms with Crippen molar-refractivity contribution >= 4 is 51.9 Å². The van der Waals surface area contributed by atoms with Crippen molar-refractivity contribution in [1.29, 1.82) is 0 Å². The van der Waals surface area contributed by atoms with Gasteiger partial charge in [0.05, 0.1) is 12.0 Å². The Bertz CT molecular complexity index is 978. The Kier molecular flexibility index (Phi) is 7.00. The van der Waals surface area contributed by atoms with Crippen LogP contribution in [0.15, 0.2) is 53.4 Å². The summed E-state index contributed by atoms with van der Waals surface area (Å²) in [7, 11) is 1.59. The van der Waals surface area contributed by atoms with E-state index in [4.69, 9.17) is 17.0 Å². The smallest absolute Gasteiger partial charge is 0.266 e. The van der Waals surface area contributed by atoms with Crippen LogP contribution in [0.2, 0.25) is 0 Å². The number of nitrogens with one attached hydrogen (secondary N) is 1. The molecule has 1 N–H and O–H groups in total. The number of nitrogens with zero attached hydrogens (tertiary/aromatic N) is 1. The molecule has 1 aliphatic rings. The van der Waals surface area contributed by atoms with Crippen molar-refractivity contribution in [1.82, 2.24) is 4.90 Å². The van der Waals surface area contributed by atoms with Crippen molar-refractivity contribution in [2.75, 3.05) is 19.0 Å². The number of benzene rings is 2. The van der Waals surface area contributed by atoms with Gasteiger partial charge in [0.2, 0.25) is 5.91 Å². The largest absolute Gasteiger partial charge is 0.497 e. The highest BCUT2D eigenvalue weighted by atomic mass is 32.2.